The fourth-order valence-corrected chi connectivity index (χ4v) is 0.999. The van der Waals surface area contributed by atoms with Gasteiger partial charge in [-0.05, 0) is 26.3 Å². The predicted molar refractivity (Wildman–Crippen MR) is 63.7 cm³/mol. The van der Waals surface area contributed by atoms with Gasteiger partial charge in [-0.2, -0.15) is 5.48 Å². The van der Waals surface area contributed by atoms with Crippen LogP contribution in [0.5, 0.6) is 0 Å². The Hall–Kier alpha value is -1.29. The van der Waals surface area contributed by atoms with Crippen LogP contribution in [-0.4, -0.2) is 31.3 Å². The standard InChI is InChI=1S/C11H21N3O/c1-6-14(5)8-9(2)11(12)7-10(3)15-13-4/h7-8,12-13H,6H2,1-5H3/b9-8+,10-7+,12-11?. The van der Waals surface area contributed by atoms with Crippen LogP contribution in [0.3, 0.4) is 0 Å². The summed E-state index contributed by atoms with van der Waals surface area (Å²) in [5.41, 5.74) is 3.95. The summed E-state index contributed by atoms with van der Waals surface area (Å²) in [7, 11) is 3.67. The molecule has 0 saturated carbocycles. The summed E-state index contributed by atoms with van der Waals surface area (Å²) in [5.74, 6) is 0.675. The summed E-state index contributed by atoms with van der Waals surface area (Å²) < 4.78 is 0. The van der Waals surface area contributed by atoms with E-state index in [4.69, 9.17) is 10.2 Å². The van der Waals surface area contributed by atoms with Crippen molar-refractivity contribution in [2.75, 3.05) is 20.6 Å². The van der Waals surface area contributed by atoms with Crippen molar-refractivity contribution >= 4 is 5.71 Å². The maximum absolute atomic E-state index is 7.79. The van der Waals surface area contributed by atoms with Crippen LogP contribution < -0.4 is 5.48 Å². The van der Waals surface area contributed by atoms with Crippen molar-refractivity contribution in [3.8, 4) is 0 Å². The molecule has 2 N–H and O–H groups in total. The smallest absolute Gasteiger partial charge is 0.123 e. The predicted octanol–water partition coefficient (Wildman–Crippen LogP) is 1.92. The van der Waals surface area contributed by atoms with Gasteiger partial charge in [0.2, 0.25) is 0 Å². The molecule has 4 nitrogen and oxygen atoms in total. The average Bonchev–Trinajstić information content (AvgIpc) is 2.17. The molecule has 0 heterocycles. The molecule has 0 aliphatic carbocycles. The summed E-state index contributed by atoms with van der Waals surface area (Å²) in [5, 5.41) is 7.79. The third-order valence-corrected chi connectivity index (χ3v) is 1.95. The van der Waals surface area contributed by atoms with E-state index in [9.17, 15) is 0 Å². The van der Waals surface area contributed by atoms with Crippen molar-refractivity contribution in [3.05, 3.63) is 23.6 Å². The quantitative estimate of drug-likeness (QED) is 0.401. The minimum absolute atomic E-state index is 0.461. The van der Waals surface area contributed by atoms with Crippen molar-refractivity contribution in [3.63, 3.8) is 0 Å². The number of hydrogen-bond acceptors (Lipinski definition) is 4. The largest absolute Gasteiger partial charge is 0.414 e. The van der Waals surface area contributed by atoms with Gasteiger partial charge in [0.05, 0.1) is 5.71 Å². The second-order valence-electron chi connectivity index (χ2n) is 3.36. The molecule has 15 heavy (non-hydrogen) atoms. The zero-order valence-corrected chi connectivity index (χ0v) is 10.2. The first kappa shape index (κ1) is 13.7. The van der Waals surface area contributed by atoms with E-state index in [-0.39, 0.29) is 0 Å². The molecule has 0 spiro atoms. The number of nitrogens with zero attached hydrogens (tertiary/aromatic N) is 1. The molecule has 0 aromatic carbocycles. The Morgan fingerprint density at radius 1 is 1.47 bits per heavy atom. The monoisotopic (exact) mass is 211 g/mol. The van der Waals surface area contributed by atoms with Crippen LogP contribution in [-0.2, 0) is 4.84 Å². The van der Waals surface area contributed by atoms with Gasteiger partial charge in [-0.3, -0.25) is 0 Å². The third-order valence-electron chi connectivity index (χ3n) is 1.95. The summed E-state index contributed by atoms with van der Waals surface area (Å²) in [6, 6.07) is 0. The topological polar surface area (TPSA) is 48.4 Å². The van der Waals surface area contributed by atoms with Gasteiger partial charge in [0, 0.05) is 32.9 Å². The van der Waals surface area contributed by atoms with Crippen molar-refractivity contribution < 1.29 is 4.84 Å². The van der Waals surface area contributed by atoms with Gasteiger partial charge in [0.15, 0.2) is 0 Å². The molecule has 0 saturated heterocycles. The molecule has 0 aliphatic rings. The van der Waals surface area contributed by atoms with Gasteiger partial charge >= 0.3 is 0 Å². The molecular weight excluding hydrogens is 190 g/mol. The lowest BCUT2D eigenvalue weighted by Crippen LogP contribution is -2.12. The lowest BCUT2D eigenvalue weighted by atomic mass is 10.2. The van der Waals surface area contributed by atoms with Crippen molar-refractivity contribution in [1.82, 2.24) is 10.4 Å². The highest BCUT2D eigenvalue weighted by Crippen LogP contribution is 2.02. The molecule has 4 heteroatoms. The van der Waals surface area contributed by atoms with Crippen LogP contribution in [0.25, 0.3) is 0 Å². The molecule has 0 unspecified atom stereocenters. The zero-order valence-electron chi connectivity index (χ0n) is 10.2. The highest BCUT2D eigenvalue weighted by molar-refractivity contribution is 6.05. The molecule has 0 radical (unpaired) electrons. The molecular formula is C11H21N3O. The average molecular weight is 211 g/mol. The fraction of sp³-hybridized carbons (Fsp3) is 0.545. The van der Waals surface area contributed by atoms with E-state index >= 15 is 0 Å². The van der Waals surface area contributed by atoms with Crippen LogP contribution in [0.1, 0.15) is 20.8 Å². The van der Waals surface area contributed by atoms with Gasteiger partial charge in [-0.1, -0.05) is 0 Å². The molecule has 0 aromatic rings. The van der Waals surface area contributed by atoms with Crippen LogP contribution in [0.4, 0.5) is 0 Å². The highest BCUT2D eigenvalue weighted by atomic mass is 16.6. The van der Waals surface area contributed by atoms with Crippen molar-refractivity contribution in [1.29, 1.82) is 5.41 Å². The number of hydroxylamine groups is 1. The lowest BCUT2D eigenvalue weighted by molar-refractivity contribution is 0.128. The van der Waals surface area contributed by atoms with Gasteiger partial charge < -0.3 is 15.1 Å². The van der Waals surface area contributed by atoms with E-state index in [1.54, 1.807) is 13.1 Å². The Morgan fingerprint density at radius 2 is 2.07 bits per heavy atom. The minimum atomic E-state index is 0.461. The molecule has 86 valence electrons. The van der Waals surface area contributed by atoms with E-state index in [1.807, 2.05) is 32.0 Å². The second kappa shape index (κ2) is 7.06. The molecule has 0 atom stereocenters. The van der Waals surface area contributed by atoms with Gasteiger partial charge in [-0.25, -0.2) is 0 Å². The Kier molecular flexibility index (Phi) is 6.45. The number of rotatable bonds is 6. The number of hydrogen-bond donors (Lipinski definition) is 2. The molecule has 0 rings (SSSR count). The van der Waals surface area contributed by atoms with Gasteiger partial charge in [0.1, 0.15) is 5.76 Å². The van der Waals surface area contributed by atoms with Gasteiger partial charge in [0.25, 0.3) is 0 Å². The summed E-state index contributed by atoms with van der Waals surface area (Å²) in [6.45, 7) is 6.72. The first-order chi connectivity index (χ1) is 7.01. The van der Waals surface area contributed by atoms with Crippen LogP contribution in [0.2, 0.25) is 0 Å². The molecule has 0 amide bonds. The first-order valence-corrected chi connectivity index (χ1v) is 5.00. The van der Waals surface area contributed by atoms with E-state index in [2.05, 4.69) is 12.4 Å². The maximum Gasteiger partial charge on any atom is 0.123 e. The molecule has 0 fully saturated rings. The van der Waals surface area contributed by atoms with E-state index < -0.39 is 0 Å². The Bertz CT molecular complexity index is 269. The summed E-state index contributed by atoms with van der Waals surface area (Å²) in [6.07, 6.45) is 3.64. The van der Waals surface area contributed by atoms with Crippen LogP contribution >= 0.6 is 0 Å². The maximum atomic E-state index is 7.79. The van der Waals surface area contributed by atoms with Crippen LogP contribution in [0.15, 0.2) is 23.6 Å². The zero-order chi connectivity index (χ0) is 11.8. The van der Waals surface area contributed by atoms with Crippen molar-refractivity contribution in [2.24, 2.45) is 0 Å². The normalized spacial score (nSPS) is 12.6. The van der Waals surface area contributed by atoms with E-state index in [0.717, 1.165) is 12.1 Å². The Balaban J connectivity index is 4.45. The minimum Gasteiger partial charge on any atom is -0.414 e. The molecule has 0 aromatic heterocycles. The third kappa shape index (κ3) is 5.91. The van der Waals surface area contributed by atoms with E-state index in [1.165, 1.54) is 0 Å². The summed E-state index contributed by atoms with van der Waals surface area (Å²) >= 11 is 0. The lowest BCUT2D eigenvalue weighted by Gasteiger charge is -2.12. The SMILES string of the molecule is CCN(C)/C=C(\C)C(=N)/C=C(\C)ONC. The Morgan fingerprint density at radius 3 is 2.53 bits per heavy atom. The summed E-state index contributed by atoms with van der Waals surface area (Å²) in [4.78, 5) is 7.06. The Labute approximate surface area is 92.1 Å². The van der Waals surface area contributed by atoms with Crippen LogP contribution in [0, 0.1) is 5.41 Å². The molecule has 0 bridgehead atoms. The fourth-order valence-electron chi connectivity index (χ4n) is 0.999. The number of allylic oxidation sites excluding steroid dienone is 3. The highest BCUT2D eigenvalue weighted by Gasteiger charge is 1.99. The van der Waals surface area contributed by atoms with Gasteiger partial charge in [-0.15, -0.1) is 0 Å². The molecule has 0 aliphatic heterocycles. The first-order valence-electron chi connectivity index (χ1n) is 5.00. The number of nitrogens with one attached hydrogen (secondary N) is 2. The second-order valence-corrected chi connectivity index (χ2v) is 3.36. The van der Waals surface area contributed by atoms with Crippen molar-refractivity contribution in [2.45, 2.75) is 20.8 Å². The van der Waals surface area contributed by atoms with E-state index in [0.29, 0.717) is 11.5 Å².